The second-order valence-corrected chi connectivity index (χ2v) is 9.38. The van der Waals surface area contributed by atoms with Crippen LogP contribution in [0.4, 0.5) is 10.5 Å². The van der Waals surface area contributed by atoms with Crippen LogP contribution < -0.4 is 19.7 Å². The number of aliphatic hydroxyl groups is 1. The Kier molecular flexibility index (Phi) is 5.06. The van der Waals surface area contributed by atoms with Crippen LogP contribution in [0.3, 0.4) is 0 Å². The summed E-state index contributed by atoms with van der Waals surface area (Å²) < 4.78 is 13.7. The van der Waals surface area contributed by atoms with E-state index in [9.17, 15) is 14.7 Å². The normalized spacial score (nSPS) is 21.2. The van der Waals surface area contributed by atoms with E-state index < -0.39 is 6.10 Å². The van der Waals surface area contributed by atoms with Gasteiger partial charge in [0.25, 0.3) is 5.91 Å². The predicted molar refractivity (Wildman–Crippen MR) is 127 cm³/mol. The number of hydrogen-bond donors (Lipinski definition) is 2. The first-order chi connectivity index (χ1) is 16.9. The number of likely N-dealkylation sites (tertiary alicyclic amines) is 1. The van der Waals surface area contributed by atoms with Gasteiger partial charge >= 0.3 is 6.03 Å². The van der Waals surface area contributed by atoms with Crippen molar-refractivity contribution in [2.24, 2.45) is 0 Å². The minimum Gasteiger partial charge on any atom is -0.489 e. The second kappa shape index (κ2) is 8.16. The number of fused-ring (bicyclic) bond motifs is 2. The number of benzene rings is 1. The largest absolute Gasteiger partial charge is 0.489 e. The van der Waals surface area contributed by atoms with Crippen molar-refractivity contribution in [3.05, 3.63) is 47.8 Å². The van der Waals surface area contributed by atoms with Crippen LogP contribution in [-0.2, 0) is 0 Å². The van der Waals surface area contributed by atoms with E-state index in [0.29, 0.717) is 53.7 Å². The van der Waals surface area contributed by atoms with E-state index in [4.69, 9.17) is 9.47 Å². The molecule has 0 unspecified atom stereocenters. The highest BCUT2D eigenvalue weighted by Gasteiger charge is 2.38. The molecule has 4 heterocycles. The number of amides is 3. The van der Waals surface area contributed by atoms with Gasteiger partial charge in [-0.25, -0.2) is 9.31 Å². The van der Waals surface area contributed by atoms with Crippen molar-refractivity contribution in [2.45, 2.75) is 44.9 Å². The van der Waals surface area contributed by atoms with Gasteiger partial charge in [0.05, 0.1) is 36.1 Å². The minimum absolute atomic E-state index is 0.105. The summed E-state index contributed by atoms with van der Waals surface area (Å²) in [7, 11) is 0. The Morgan fingerprint density at radius 2 is 2.09 bits per heavy atom. The van der Waals surface area contributed by atoms with Crippen molar-refractivity contribution in [3.8, 4) is 17.2 Å². The zero-order chi connectivity index (χ0) is 24.3. The van der Waals surface area contributed by atoms with Gasteiger partial charge < -0.3 is 24.8 Å². The Bertz CT molecular complexity index is 1330. The molecule has 2 atom stereocenters. The third-order valence-corrected chi connectivity index (χ3v) is 6.99. The van der Waals surface area contributed by atoms with Crippen LogP contribution in [0.15, 0.2) is 36.7 Å². The third-order valence-electron chi connectivity index (χ3n) is 6.99. The first kappa shape index (κ1) is 21.7. The molecule has 2 aromatic heterocycles. The highest BCUT2D eigenvalue weighted by molar-refractivity contribution is 5.99. The van der Waals surface area contributed by atoms with Crippen LogP contribution in [-0.4, -0.2) is 69.4 Å². The van der Waals surface area contributed by atoms with Crippen molar-refractivity contribution in [2.75, 3.05) is 24.6 Å². The molecule has 3 amide bonds. The highest BCUT2D eigenvalue weighted by atomic mass is 16.5. The zero-order valence-corrected chi connectivity index (χ0v) is 19.6. The molecule has 182 valence electrons. The number of aromatic nitrogens is 2. The van der Waals surface area contributed by atoms with Crippen molar-refractivity contribution in [1.29, 1.82) is 0 Å². The van der Waals surface area contributed by atoms with Crippen LogP contribution in [0, 0.1) is 6.92 Å². The van der Waals surface area contributed by atoms with E-state index in [1.165, 1.54) is 0 Å². The molecular weight excluding hydrogens is 450 g/mol. The molecule has 1 saturated carbocycles. The number of carbonyl (C=O) groups is 2. The van der Waals surface area contributed by atoms with Gasteiger partial charge in [0.1, 0.15) is 23.6 Å². The van der Waals surface area contributed by atoms with Crippen molar-refractivity contribution in [3.63, 3.8) is 0 Å². The SMILES string of the molecule is Cc1c(C(=O)N2C[C@@H](O)[C@H]2C)cn2nccc(Oc3ccc4c(c3)OCCN4C(=O)NC3CC3)c12. The van der Waals surface area contributed by atoms with E-state index in [0.717, 1.165) is 18.4 Å². The molecule has 2 fully saturated rings. The Labute approximate surface area is 202 Å². The molecule has 6 rings (SSSR count). The quantitative estimate of drug-likeness (QED) is 0.598. The highest BCUT2D eigenvalue weighted by Crippen LogP contribution is 2.38. The molecule has 10 nitrogen and oxygen atoms in total. The summed E-state index contributed by atoms with van der Waals surface area (Å²) in [6.45, 7) is 4.92. The molecule has 0 radical (unpaired) electrons. The third kappa shape index (κ3) is 3.74. The fraction of sp³-hybridized carbons (Fsp3) is 0.400. The number of aliphatic hydroxyl groups excluding tert-OH is 1. The molecule has 1 aromatic carbocycles. The summed E-state index contributed by atoms with van der Waals surface area (Å²) in [5, 5.41) is 17.2. The summed E-state index contributed by atoms with van der Waals surface area (Å²) in [5.74, 6) is 1.54. The number of urea groups is 1. The minimum atomic E-state index is -0.491. The summed E-state index contributed by atoms with van der Waals surface area (Å²) in [4.78, 5) is 29.0. The lowest BCUT2D eigenvalue weighted by molar-refractivity contribution is -0.0357. The molecule has 1 aliphatic carbocycles. The zero-order valence-electron chi connectivity index (χ0n) is 19.6. The molecule has 0 bridgehead atoms. The van der Waals surface area contributed by atoms with Crippen LogP contribution in [0.1, 0.15) is 35.7 Å². The average molecular weight is 478 g/mol. The van der Waals surface area contributed by atoms with Gasteiger partial charge in [-0.3, -0.25) is 9.69 Å². The number of nitrogens with zero attached hydrogens (tertiary/aromatic N) is 4. The Morgan fingerprint density at radius 3 is 2.83 bits per heavy atom. The van der Waals surface area contributed by atoms with Crippen molar-refractivity contribution >= 4 is 23.1 Å². The topological polar surface area (TPSA) is 109 Å². The molecule has 2 N–H and O–H groups in total. The Balaban J connectivity index is 1.27. The van der Waals surface area contributed by atoms with Crippen LogP contribution in [0.25, 0.3) is 5.52 Å². The Morgan fingerprint density at radius 1 is 1.26 bits per heavy atom. The van der Waals surface area contributed by atoms with E-state index >= 15 is 0 Å². The number of hydrogen-bond acceptors (Lipinski definition) is 6. The maximum absolute atomic E-state index is 13.0. The lowest BCUT2D eigenvalue weighted by Crippen LogP contribution is -2.60. The number of ether oxygens (including phenoxy) is 2. The summed E-state index contributed by atoms with van der Waals surface area (Å²) in [6, 6.07) is 7.11. The maximum atomic E-state index is 13.0. The number of β-amino-alcohol motifs (C(OH)–C–C–N with tert-alkyl or cyclic N) is 1. The van der Waals surface area contributed by atoms with Crippen molar-refractivity contribution in [1.82, 2.24) is 19.8 Å². The standard InChI is InChI=1S/C25H27N5O5/c1-14-18(24(32)29-13-20(31)15(29)2)12-30-23(14)21(7-8-26-30)35-17-5-6-19-22(11-17)34-10-9-28(19)25(33)27-16-3-4-16/h5-8,11-12,15-16,20,31H,3-4,9-10,13H2,1-2H3,(H,27,33)/t15-,20-/m1/s1. The van der Waals surface area contributed by atoms with Crippen molar-refractivity contribution < 1.29 is 24.2 Å². The van der Waals surface area contributed by atoms with E-state index in [2.05, 4.69) is 10.4 Å². The van der Waals surface area contributed by atoms with E-state index in [1.54, 1.807) is 44.9 Å². The molecular formula is C25H27N5O5. The smallest absolute Gasteiger partial charge is 0.322 e. The lowest BCUT2D eigenvalue weighted by atomic mass is 9.99. The molecule has 2 aliphatic heterocycles. The predicted octanol–water partition coefficient (Wildman–Crippen LogP) is 2.71. The Hall–Kier alpha value is -3.79. The number of rotatable bonds is 4. The van der Waals surface area contributed by atoms with Crippen LogP contribution in [0.5, 0.6) is 17.2 Å². The van der Waals surface area contributed by atoms with Gasteiger partial charge in [-0.15, -0.1) is 0 Å². The van der Waals surface area contributed by atoms with Gasteiger partial charge in [0, 0.05) is 30.9 Å². The number of anilines is 1. The second-order valence-electron chi connectivity index (χ2n) is 9.38. The molecule has 1 saturated heterocycles. The first-order valence-electron chi connectivity index (χ1n) is 11.9. The van der Waals surface area contributed by atoms with E-state index in [1.807, 2.05) is 19.9 Å². The van der Waals surface area contributed by atoms with E-state index in [-0.39, 0.29) is 24.0 Å². The fourth-order valence-electron chi connectivity index (χ4n) is 4.62. The first-order valence-corrected chi connectivity index (χ1v) is 11.9. The molecule has 35 heavy (non-hydrogen) atoms. The number of carbonyl (C=O) groups excluding carboxylic acids is 2. The lowest BCUT2D eigenvalue weighted by Gasteiger charge is -2.43. The fourth-order valence-corrected chi connectivity index (χ4v) is 4.62. The molecule has 0 spiro atoms. The molecule has 3 aromatic rings. The summed E-state index contributed by atoms with van der Waals surface area (Å²) in [6.07, 6.45) is 4.88. The van der Waals surface area contributed by atoms with Gasteiger partial charge in [-0.1, -0.05) is 0 Å². The van der Waals surface area contributed by atoms with Crippen LogP contribution >= 0.6 is 0 Å². The maximum Gasteiger partial charge on any atom is 0.322 e. The molecule has 10 heteroatoms. The van der Waals surface area contributed by atoms with Gasteiger partial charge in [-0.2, -0.15) is 5.10 Å². The van der Waals surface area contributed by atoms with Gasteiger partial charge in [0.15, 0.2) is 5.75 Å². The van der Waals surface area contributed by atoms with Gasteiger partial charge in [-0.05, 0) is 44.4 Å². The van der Waals surface area contributed by atoms with Gasteiger partial charge in [0.2, 0.25) is 0 Å². The summed E-state index contributed by atoms with van der Waals surface area (Å²) >= 11 is 0. The number of nitrogens with one attached hydrogen (secondary N) is 1. The summed E-state index contributed by atoms with van der Waals surface area (Å²) in [5.41, 5.74) is 2.68. The monoisotopic (exact) mass is 477 g/mol. The molecule has 3 aliphatic rings. The van der Waals surface area contributed by atoms with Crippen LogP contribution in [0.2, 0.25) is 0 Å². The average Bonchev–Trinajstić information content (AvgIpc) is 3.61. The number of aryl methyl sites for hydroxylation is 1.